The van der Waals surface area contributed by atoms with Crippen LogP contribution in [0, 0.1) is 17.6 Å². The molecular weight excluding hydrogens is 304 g/mol. The number of carboxylic acids is 1. The fraction of sp³-hybridized carbons (Fsp3) is 0.462. The molecule has 1 aliphatic carbocycles. The molecule has 21 heavy (non-hydrogen) atoms. The maximum absolute atomic E-state index is 13.5. The van der Waals surface area contributed by atoms with Gasteiger partial charge in [0.05, 0.1) is 5.92 Å². The van der Waals surface area contributed by atoms with Crippen molar-refractivity contribution >= 4 is 16.0 Å². The van der Waals surface area contributed by atoms with Gasteiger partial charge in [-0.15, -0.1) is 0 Å². The summed E-state index contributed by atoms with van der Waals surface area (Å²) in [4.78, 5) is 10.2. The third-order valence-corrected chi connectivity index (χ3v) is 5.06. The zero-order chi connectivity index (χ0) is 15.6. The van der Waals surface area contributed by atoms with E-state index in [4.69, 9.17) is 5.11 Å². The van der Waals surface area contributed by atoms with Crippen LogP contribution in [0.25, 0.3) is 0 Å². The topological polar surface area (TPSA) is 83.5 Å². The van der Waals surface area contributed by atoms with Crippen LogP contribution in [0.15, 0.2) is 23.1 Å². The zero-order valence-corrected chi connectivity index (χ0v) is 11.9. The Morgan fingerprint density at radius 2 is 2.00 bits per heavy atom. The van der Waals surface area contributed by atoms with Crippen molar-refractivity contribution in [1.82, 2.24) is 4.72 Å². The Hall–Kier alpha value is -1.54. The third kappa shape index (κ3) is 3.76. The summed E-state index contributed by atoms with van der Waals surface area (Å²) in [5, 5.41) is 8.97. The molecule has 0 spiro atoms. The maximum atomic E-state index is 13.5. The highest BCUT2D eigenvalue weighted by atomic mass is 32.2. The first-order chi connectivity index (χ1) is 9.79. The number of halogens is 2. The minimum atomic E-state index is -4.22. The Labute approximate surface area is 121 Å². The van der Waals surface area contributed by atoms with Crippen molar-refractivity contribution in [2.75, 3.05) is 0 Å². The molecule has 2 rings (SSSR count). The second-order valence-corrected chi connectivity index (χ2v) is 6.78. The van der Waals surface area contributed by atoms with Gasteiger partial charge in [0.1, 0.15) is 16.5 Å². The highest BCUT2D eigenvalue weighted by Gasteiger charge is 2.31. The second-order valence-electron chi connectivity index (χ2n) is 5.09. The minimum Gasteiger partial charge on any atom is -0.481 e. The molecule has 1 saturated carbocycles. The largest absolute Gasteiger partial charge is 0.481 e. The van der Waals surface area contributed by atoms with Gasteiger partial charge in [-0.05, 0) is 37.5 Å². The third-order valence-electron chi connectivity index (χ3n) is 3.53. The van der Waals surface area contributed by atoms with Gasteiger partial charge in [0.15, 0.2) is 0 Å². The van der Waals surface area contributed by atoms with E-state index in [0.717, 1.165) is 12.1 Å². The molecule has 0 bridgehead atoms. The number of hydrogen-bond acceptors (Lipinski definition) is 3. The number of carbonyl (C=O) groups is 1. The number of sulfonamides is 1. The molecule has 5 nitrogen and oxygen atoms in total. The number of rotatable bonds is 4. The molecule has 116 valence electrons. The summed E-state index contributed by atoms with van der Waals surface area (Å²) in [5.74, 6) is -3.50. The molecule has 1 aromatic carbocycles. The summed E-state index contributed by atoms with van der Waals surface area (Å²) in [6.45, 7) is 0. The van der Waals surface area contributed by atoms with E-state index in [2.05, 4.69) is 4.72 Å². The zero-order valence-electron chi connectivity index (χ0n) is 11.1. The molecule has 0 saturated heterocycles. The van der Waals surface area contributed by atoms with Crippen LogP contribution in [0.3, 0.4) is 0 Å². The number of aliphatic carboxylic acids is 1. The van der Waals surface area contributed by atoms with Gasteiger partial charge < -0.3 is 5.11 Å². The van der Waals surface area contributed by atoms with E-state index in [9.17, 15) is 22.0 Å². The average Bonchev–Trinajstić information content (AvgIpc) is 2.41. The van der Waals surface area contributed by atoms with Crippen LogP contribution in [-0.2, 0) is 14.8 Å². The van der Waals surface area contributed by atoms with Crippen LogP contribution in [-0.4, -0.2) is 25.5 Å². The average molecular weight is 319 g/mol. The Morgan fingerprint density at radius 1 is 1.29 bits per heavy atom. The minimum absolute atomic E-state index is 0.144. The van der Waals surface area contributed by atoms with Gasteiger partial charge in [0.2, 0.25) is 10.0 Å². The predicted octanol–water partition coefficient (Wildman–Crippen LogP) is 1.89. The van der Waals surface area contributed by atoms with Crippen LogP contribution >= 0.6 is 0 Å². The molecule has 2 unspecified atom stereocenters. The summed E-state index contributed by atoms with van der Waals surface area (Å²) in [6, 6.07) is 1.59. The van der Waals surface area contributed by atoms with E-state index in [1.54, 1.807) is 0 Å². The lowest BCUT2D eigenvalue weighted by atomic mass is 9.86. The Balaban J connectivity index is 2.17. The lowest BCUT2D eigenvalue weighted by Crippen LogP contribution is -2.40. The molecule has 0 radical (unpaired) electrons. The molecule has 1 aromatic rings. The molecule has 0 heterocycles. The smallest absolute Gasteiger partial charge is 0.306 e. The molecule has 0 aromatic heterocycles. The highest BCUT2D eigenvalue weighted by Crippen LogP contribution is 2.26. The molecule has 0 aliphatic heterocycles. The van der Waals surface area contributed by atoms with Crippen molar-refractivity contribution in [2.24, 2.45) is 5.92 Å². The van der Waals surface area contributed by atoms with E-state index in [1.165, 1.54) is 0 Å². The van der Waals surface area contributed by atoms with Gasteiger partial charge in [-0.3, -0.25) is 4.79 Å². The molecule has 8 heteroatoms. The molecular formula is C13H15F2NO4S. The summed E-state index contributed by atoms with van der Waals surface area (Å²) in [7, 11) is -4.22. The molecule has 2 N–H and O–H groups in total. The van der Waals surface area contributed by atoms with Crippen LogP contribution in [0.5, 0.6) is 0 Å². The van der Waals surface area contributed by atoms with Crippen molar-refractivity contribution in [3.05, 3.63) is 29.8 Å². The quantitative estimate of drug-likeness (QED) is 0.887. The Bertz CT molecular complexity index is 648. The number of carboxylic acid groups (broad SMARTS) is 1. The van der Waals surface area contributed by atoms with Crippen molar-refractivity contribution < 1.29 is 27.1 Å². The molecule has 0 amide bonds. The van der Waals surface area contributed by atoms with Gasteiger partial charge in [0, 0.05) is 6.04 Å². The first-order valence-corrected chi connectivity index (χ1v) is 7.98. The normalized spacial score (nSPS) is 23.0. The van der Waals surface area contributed by atoms with E-state index in [-0.39, 0.29) is 6.42 Å². The van der Waals surface area contributed by atoms with Crippen LogP contribution < -0.4 is 4.72 Å². The van der Waals surface area contributed by atoms with E-state index in [0.29, 0.717) is 25.3 Å². The summed E-state index contributed by atoms with van der Waals surface area (Å²) < 4.78 is 53.1. The summed E-state index contributed by atoms with van der Waals surface area (Å²) >= 11 is 0. The lowest BCUT2D eigenvalue weighted by Gasteiger charge is -2.27. The lowest BCUT2D eigenvalue weighted by molar-refractivity contribution is -0.143. The fourth-order valence-corrected chi connectivity index (χ4v) is 3.86. The predicted molar refractivity (Wildman–Crippen MR) is 70.1 cm³/mol. The molecule has 2 atom stereocenters. The van der Waals surface area contributed by atoms with E-state index >= 15 is 0 Å². The number of hydrogen-bond donors (Lipinski definition) is 2. The second kappa shape index (κ2) is 6.07. The van der Waals surface area contributed by atoms with Crippen molar-refractivity contribution in [2.45, 2.75) is 36.6 Å². The van der Waals surface area contributed by atoms with E-state index < -0.39 is 44.5 Å². The van der Waals surface area contributed by atoms with Crippen molar-refractivity contribution in [3.63, 3.8) is 0 Å². The highest BCUT2D eigenvalue weighted by molar-refractivity contribution is 7.89. The van der Waals surface area contributed by atoms with Gasteiger partial charge in [-0.2, -0.15) is 0 Å². The monoisotopic (exact) mass is 319 g/mol. The van der Waals surface area contributed by atoms with Gasteiger partial charge in [-0.1, -0.05) is 6.42 Å². The molecule has 1 aliphatic rings. The Kier molecular flexibility index (Phi) is 4.58. The van der Waals surface area contributed by atoms with Crippen LogP contribution in [0.4, 0.5) is 8.78 Å². The van der Waals surface area contributed by atoms with Gasteiger partial charge >= 0.3 is 5.97 Å². The first kappa shape index (κ1) is 15.8. The maximum Gasteiger partial charge on any atom is 0.306 e. The summed E-state index contributed by atoms with van der Waals surface area (Å²) in [6.07, 6.45) is 1.67. The number of benzene rings is 1. The number of nitrogens with one attached hydrogen (secondary N) is 1. The van der Waals surface area contributed by atoms with Crippen molar-refractivity contribution in [1.29, 1.82) is 0 Å². The van der Waals surface area contributed by atoms with Crippen molar-refractivity contribution in [3.8, 4) is 0 Å². The Morgan fingerprint density at radius 3 is 2.67 bits per heavy atom. The van der Waals surface area contributed by atoms with Gasteiger partial charge in [-0.25, -0.2) is 21.9 Å². The van der Waals surface area contributed by atoms with E-state index in [1.807, 2.05) is 0 Å². The summed E-state index contributed by atoms with van der Waals surface area (Å²) in [5.41, 5.74) is 0. The fourth-order valence-electron chi connectivity index (χ4n) is 2.49. The van der Waals surface area contributed by atoms with Crippen LogP contribution in [0.2, 0.25) is 0 Å². The standard InChI is InChI=1S/C13H15F2NO4S/c14-9-4-5-11(15)12(7-9)21(19,20)16-10-3-1-2-8(6-10)13(17)18/h4-5,7-8,10,16H,1-3,6H2,(H,17,18). The van der Waals surface area contributed by atoms with Crippen LogP contribution in [0.1, 0.15) is 25.7 Å². The first-order valence-electron chi connectivity index (χ1n) is 6.50. The molecule has 1 fully saturated rings. The van der Waals surface area contributed by atoms with Gasteiger partial charge in [0.25, 0.3) is 0 Å². The SMILES string of the molecule is O=C(O)C1CCCC(NS(=O)(=O)c2cc(F)ccc2F)C1.